The highest BCUT2D eigenvalue weighted by atomic mass is 19.1. The first-order chi connectivity index (χ1) is 18.8. The maximum absolute atomic E-state index is 14.3. The van der Waals surface area contributed by atoms with Crippen LogP contribution in [-0.4, -0.2) is 37.8 Å². The van der Waals surface area contributed by atoms with Gasteiger partial charge in [-0.1, -0.05) is 36.4 Å². The first-order valence-electron chi connectivity index (χ1n) is 12.4. The largest absolute Gasteiger partial charge is 0.493 e. The number of methoxy groups -OCH3 is 2. The lowest BCUT2D eigenvalue weighted by molar-refractivity contribution is -0.137. The topological polar surface area (TPSA) is 94.1 Å². The lowest BCUT2D eigenvalue weighted by Crippen LogP contribution is -2.22. The van der Waals surface area contributed by atoms with Crippen LogP contribution in [-0.2, 0) is 16.1 Å². The molecule has 1 aliphatic carbocycles. The molecule has 39 heavy (non-hydrogen) atoms. The Morgan fingerprint density at radius 2 is 1.67 bits per heavy atom. The highest BCUT2D eigenvalue weighted by Gasteiger charge is 2.26. The minimum Gasteiger partial charge on any atom is -0.493 e. The molecule has 3 aromatic carbocycles. The Balaban J connectivity index is 1.66. The molecular weight excluding hydrogens is 501 g/mol. The zero-order chi connectivity index (χ0) is 27.9. The SMILES string of the molecule is COc1cc(C=C2C(C)=C(CC(=O)NCc3ccccc3)c3cc(F)ccc32)cc(OC)c1OCCC(=O)O. The number of carbonyl (C=O) groups excluding carboxylic acids is 1. The molecule has 0 bridgehead atoms. The number of allylic oxidation sites excluding steroid dienone is 2. The fourth-order valence-corrected chi connectivity index (χ4v) is 4.53. The number of ether oxygens (including phenoxy) is 3. The van der Waals surface area contributed by atoms with Crippen molar-refractivity contribution in [3.63, 3.8) is 0 Å². The molecule has 2 N–H and O–H groups in total. The summed E-state index contributed by atoms with van der Waals surface area (Å²) in [6.07, 6.45) is 1.86. The van der Waals surface area contributed by atoms with E-state index in [9.17, 15) is 14.0 Å². The molecule has 3 aromatic rings. The predicted octanol–water partition coefficient (Wildman–Crippen LogP) is 5.73. The molecule has 1 amide bonds. The molecule has 0 saturated carbocycles. The zero-order valence-electron chi connectivity index (χ0n) is 22.0. The van der Waals surface area contributed by atoms with E-state index < -0.39 is 5.97 Å². The van der Waals surface area contributed by atoms with E-state index in [2.05, 4.69) is 5.32 Å². The molecule has 0 saturated heterocycles. The summed E-state index contributed by atoms with van der Waals surface area (Å²) < 4.78 is 30.9. The van der Waals surface area contributed by atoms with Crippen molar-refractivity contribution in [2.24, 2.45) is 0 Å². The number of amides is 1. The van der Waals surface area contributed by atoms with Crippen LogP contribution in [0.25, 0.3) is 17.2 Å². The van der Waals surface area contributed by atoms with Crippen LogP contribution >= 0.6 is 0 Å². The van der Waals surface area contributed by atoms with Gasteiger partial charge >= 0.3 is 5.97 Å². The number of nitrogens with one attached hydrogen (secondary N) is 1. The highest BCUT2D eigenvalue weighted by molar-refractivity contribution is 6.08. The summed E-state index contributed by atoms with van der Waals surface area (Å²) in [6.45, 7) is 2.28. The van der Waals surface area contributed by atoms with Crippen molar-refractivity contribution in [3.8, 4) is 17.2 Å². The number of carboxylic acid groups (broad SMARTS) is 1. The summed E-state index contributed by atoms with van der Waals surface area (Å²) in [5.74, 6) is -0.443. The zero-order valence-corrected chi connectivity index (χ0v) is 22.0. The number of rotatable bonds is 11. The van der Waals surface area contributed by atoms with Gasteiger partial charge in [-0.2, -0.15) is 0 Å². The summed E-state index contributed by atoms with van der Waals surface area (Å²) in [4.78, 5) is 23.8. The van der Waals surface area contributed by atoms with E-state index >= 15 is 0 Å². The first kappa shape index (κ1) is 27.4. The number of aliphatic carboxylic acids is 1. The molecule has 0 spiro atoms. The molecule has 0 atom stereocenters. The van der Waals surface area contributed by atoms with Gasteiger partial charge in [-0.15, -0.1) is 0 Å². The van der Waals surface area contributed by atoms with E-state index in [4.69, 9.17) is 19.3 Å². The lowest BCUT2D eigenvalue weighted by Gasteiger charge is -2.15. The van der Waals surface area contributed by atoms with Crippen LogP contribution in [0.4, 0.5) is 4.39 Å². The van der Waals surface area contributed by atoms with Gasteiger partial charge in [0, 0.05) is 6.54 Å². The van der Waals surface area contributed by atoms with Gasteiger partial charge in [-0.3, -0.25) is 9.59 Å². The summed E-state index contributed by atoms with van der Waals surface area (Å²) in [5.41, 5.74) is 5.70. The van der Waals surface area contributed by atoms with Crippen LogP contribution in [0.3, 0.4) is 0 Å². The maximum Gasteiger partial charge on any atom is 0.306 e. The second-order valence-corrected chi connectivity index (χ2v) is 9.04. The molecule has 0 radical (unpaired) electrons. The number of carbonyl (C=O) groups is 2. The van der Waals surface area contributed by atoms with Crippen molar-refractivity contribution in [2.45, 2.75) is 26.3 Å². The van der Waals surface area contributed by atoms with Crippen LogP contribution in [0.1, 0.15) is 42.0 Å². The Morgan fingerprint density at radius 1 is 0.974 bits per heavy atom. The van der Waals surface area contributed by atoms with Crippen molar-refractivity contribution < 1.29 is 33.3 Å². The summed E-state index contributed by atoms with van der Waals surface area (Å²) >= 11 is 0. The third-order valence-corrected chi connectivity index (χ3v) is 6.48. The van der Waals surface area contributed by atoms with Crippen LogP contribution in [0.5, 0.6) is 17.2 Å². The molecule has 0 aliphatic heterocycles. The van der Waals surface area contributed by atoms with E-state index in [-0.39, 0.29) is 31.2 Å². The van der Waals surface area contributed by atoms with Crippen LogP contribution in [0, 0.1) is 5.82 Å². The van der Waals surface area contributed by atoms with E-state index in [1.165, 1.54) is 26.4 Å². The molecule has 0 aromatic heterocycles. The summed E-state index contributed by atoms with van der Waals surface area (Å²) in [7, 11) is 2.97. The monoisotopic (exact) mass is 531 g/mol. The summed E-state index contributed by atoms with van der Waals surface area (Å²) in [6, 6.07) is 17.7. The average molecular weight is 532 g/mol. The van der Waals surface area contributed by atoms with Crippen molar-refractivity contribution in [3.05, 3.63) is 94.3 Å². The van der Waals surface area contributed by atoms with Gasteiger partial charge < -0.3 is 24.6 Å². The van der Waals surface area contributed by atoms with Crippen molar-refractivity contribution in [1.82, 2.24) is 5.32 Å². The molecule has 7 nitrogen and oxygen atoms in total. The Bertz CT molecular complexity index is 1420. The van der Waals surface area contributed by atoms with Crippen LogP contribution in [0.2, 0.25) is 0 Å². The minimum absolute atomic E-state index is 0.0427. The molecule has 0 fully saturated rings. The van der Waals surface area contributed by atoms with Gasteiger partial charge in [0.05, 0.1) is 33.7 Å². The molecule has 0 unspecified atom stereocenters. The van der Waals surface area contributed by atoms with E-state index in [1.54, 1.807) is 18.2 Å². The summed E-state index contributed by atoms with van der Waals surface area (Å²) in [5, 5.41) is 11.9. The van der Waals surface area contributed by atoms with Crippen LogP contribution in [0.15, 0.2) is 66.2 Å². The van der Waals surface area contributed by atoms with Gasteiger partial charge in [-0.05, 0) is 76.2 Å². The second-order valence-electron chi connectivity index (χ2n) is 9.04. The Hall–Kier alpha value is -4.59. The van der Waals surface area contributed by atoms with E-state index in [0.29, 0.717) is 29.4 Å². The first-order valence-corrected chi connectivity index (χ1v) is 12.4. The van der Waals surface area contributed by atoms with Crippen molar-refractivity contribution in [2.75, 3.05) is 20.8 Å². The number of benzene rings is 3. The van der Waals surface area contributed by atoms with Gasteiger partial charge in [-0.25, -0.2) is 4.39 Å². The third-order valence-electron chi connectivity index (χ3n) is 6.48. The molecule has 4 rings (SSSR count). The Labute approximate surface area is 226 Å². The normalized spacial score (nSPS) is 13.3. The van der Waals surface area contributed by atoms with Crippen molar-refractivity contribution in [1.29, 1.82) is 0 Å². The third kappa shape index (κ3) is 6.46. The smallest absolute Gasteiger partial charge is 0.306 e. The molecule has 202 valence electrons. The number of fused-ring (bicyclic) bond motifs is 1. The van der Waals surface area contributed by atoms with E-state index in [0.717, 1.165) is 33.4 Å². The predicted molar refractivity (Wildman–Crippen MR) is 147 cm³/mol. The standard InChI is InChI=1S/C31H30FNO6/c1-19-24(13-21-14-27(37-2)31(28(15-21)38-3)39-12-11-30(35)36)23-10-9-22(32)16-26(23)25(19)17-29(34)33-18-20-7-5-4-6-8-20/h4-10,13-16H,11-12,17-18H2,1-3H3,(H,33,34)(H,35,36). The fraction of sp³-hybridized carbons (Fsp3) is 0.226. The second kappa shape index (κ2) is 12.3. The Morgan fingerprint density at radius 3 is 2.31 bits per heavy atom. The number of hydrogen-bond donors (Lipinski definition) is 2. The van der Waals surface area contributed by atoms with Gasteiger partial charge in [0.25, 0.3) is 0 Å². The minimum atomic E-state index is -0.975. The average Bonchev–Trinajstić information content (AvgIpc) is 3.17. The molecule has 1 aliphatic rings. The number of hydrogen-bond acceptors (Lipinski definition) is 5. The molecule has 0 heterocycles. The highest BCUT2D eigenvalue weighted by Crippen LogP contribution is 2.45. The van der Waals surface area contributed by atoms with Gasteiger partial charge in [0.15, 0.2) is 11.5 Å². The fourth-order valence-electron chi connectivity index (χ4n) is 4.53. The van der Waals surface area contributed by atoms with Gasteiger partial charge in [0.1, 0.15) is 5.82 Å². The molecule has 8 heteroatoms. The van der Waals surface area contributed by atoms with Crippen molar-refractivity contribution >= 4 is 29.1 Å². The number of halogens is 1. The quantitative estimate of drug-likeness (QED) is 0.328. The van der Waals surface area contributed by atoms with E-state index in [1.807, 2.05) is 43.3 Å². The van der Waals surface area contributed by atoms with Gasteiger partial charge in [0.2, 0.25) is 11.7 Å². The number of carboxylic acids is 1. The molecular formula is C31H30FNO6. The lowest BCUT2D eigenvalue weighted by atomic mass is 10.00. The van der Waals surface area contributed by atoms with Crippen LogP contribution < -0.4 is 19.5 Å². The maximum atomic E-state index is 14.3. The Kier molecular flexibility index (Phi) is 8.66.